The molecule has 3 aromatic carbocycles. The fraction of sp³-hybridized carbons (Fsp3) is 0.152. The van der Waals surface area contributed by atoms with Gasteiger partial charge in [-0.1, -0.05) is 56.0 Å². The highest BCUT2D eigenvalue weighted by molar-refractivity contribution is 5.92. The number of hydrogen-bond acceptors (Lipinski definition) is 2. The predicted octanol–water partition coefficient (Wildman–Crippen LogP) is 6.57. The smallest absolute Gasteiger partial charge is 0.173 e. The van der Waals surface area contributed by atoms with Crippen LogP contribution in [0.25, 0.3) is 11.1 Å². The van der Waals surface area contributed by atoms with Crippen LogP contribution in [-0.2, 0) is 20.1 Å². The molecule has 0 saturated heterocycles. The fourth-order valence-corrected chi connectivity index (χ4v) is 4.97. The molecule has 2 aromatic heterocycles. The molecular formula is C33H34N4+2. The van der Waals surface area contributed by atoms with E-state index in [1.165, 1.54) is 45.0 Å². The summed E-state index contributed by atoms with van der Waals surface area (Å²) < 4.78 is 4.28. The van der Waals surface area contributed by atoms with E-state index >= 15 is 0 Å². The zero-order valence-corrected chi connectivity index (χ0v) is 20.8. The fourth-order valence-electron chi connectivity index (χ4n) is 4.97. The molecule has 5 aromatic rings. The quantitative estimate of drug-likeness (QED) is 0.261. The summed E-state index contributed by atoms with van der Waals surface area (Å²) in [6, 6.07) is 35.0. The third-order valence-corrected chi connectivity index (χ3v) is 7.00. The van der Waals surface area contributed by atoms with Crippen LogP contribution < -0.4 is 18.9 Å². The molecule has 6 rings (SSSR count). The molecular weight excluding hydrogens is 452 g/mol. The lowest BCUT2D eigenvalue weighted by atomic mass is 10.1. The van der Waals surface area contributed by atoms with Crippen LogP contribution in [0.3, 0.4) is 0 Å². The summed E-state index contributed by atoms with van der Waals surface area (Å²) in [6.07, 6.45) is 8.48. The number of nitrogens with zero attached hydrogens (tertiary/aromatic N) is 4. The maximum absolute atomic E-state index is 2.43. The minimum atomic E-state index is 0. The van der Waals surface area contributed by atoms with Crippen LogP contribution >= 0.6 is 0 Å². The molecule has 4 heteroatoms. The molecule has 184 valence electrons. The van der Waals surface area contributed by atoms with Crippen LogP contribution in [0.5, 0.6) is 0 Å². The van der Waals surface area contributed by atoms with Gasteiger partial charge in [0.15, 0.2) is 31.3 Å². The normalized spacial score (nSPS) is 11.9. The SMILES string of the molecule is C.CN1c2ccccc2N(Cc2ccc(C[n+]3ccc(-c4cc[n+](C)cc4)cc3)cc2)c2ccccc21. The summed E-state index contributed by atoms with van der Waals surface area (Å²) in [6.45, 7) is 1.68. The van der Waals surface area contributed by atoms with Crippen molar-refractivity contribution in [2.24, 2.45) is 7.05 Å². The molecule has 0 bridgehead atoms. The molecule has 1 aliphatic heterocycles. The monoisotopic (exact) mass is 486 g/mol. The lowest BCUT2D eigenvalue weighted by Gasteiger charge is -2.38. The van der Waals surface area contributed by atoms with Gasteiger partial charge in [-0.2, -0.15) is 0 Å². The molecule has 0 unspecified atom stereocenters. The van der Waals surface area contributed by atoms with E-state index in [2.05, 4.69) is 148 Å². The Morgan fingerprint density at radius 2 is 1.03 bits per heavy atom. The van der Waals surface area contributed by atoms with Gasteiger partial charge < -0.3 is 9.80 Å². The van der Waals surface area contributed by atoms with Gasteiger partial charge >= 0.3 is 0 Å². The summed E-state index contributed by atoms with van der Waals surface area (Å²) in [5, 5.41) is 0. The zero-order valence-electron chi connectivity index (χ0n) is 20.8. The van der Waals surface area contributed by atoms with Crippen molar-refractivity contribution in [3.05, 3.63) is 133 Å². The van der Waals surface area contributed by atoms with E-state index in [0.717, 1.165) is 13.1 Å². The molecule has 37 heavy (non-hydrogen) atoms. The van der Waals surface area contributed by atoms with E-state index in [4.69, 9.17) is 0 Å². The lowest BCUT2D eigenvalue weighted by Crippen LogP contribution is -2.33. The molecule has 1 aliphatic rings. The van der Waals surface area contributed by atoms with Gasteiger partial charge in [-0.15, -0.1) is 0 Å². The van der Waals surface area contributed by atoms with Crippen molar-refractivity contribution in [3.8, 4) is 11.1 Å². The van der Waals surface area contributed by atoms with Crippen molar-refractivity contribution in [2.75, 3.05) is 16.8 Å². The first-order valence-corrected chi connectivity index (χ1v) is 12.4. The minimum absolute atomic E-state index is 0. The van der Waals surface area contributed by atoms with Gasteiger partial charge in [0.1, 0.15) is 7.05 Å². The van der Waals surface area contributed by atoms with Crippen molar-refractivity contribution >= 4 is 22.7 Å². The molecule has 0 spiro atoms. The number of hydrogen-bond donors (Lipinski definition) is 0. The first kappa shape index (κ1) is 24.3. The van der Waals surface area contributed by atoms with Gasteiger partial charge in [-0.05, 0) is 41.0 Å². The van der Waals surface area contributed by atoms with E-state index in [1.54, 1.807) is 0 Å². The largest absolute Gasteiger partial charge is 0.341 e. The van der Waals surface area contributed by atoms with Crippen LogP contribution in [0.4, 0.5) is 22.7 Å². The van der Waals surface area contributed by atoms with Crippen molar-refractivity contribution in [1.82, 2.24) is 0 Å². The zero-order chi connectivity index (χ0) is 24.5. The van der Waals surface area contributed by atoms with Gasteiger partial charge in [-0.25, -0.2) is 9.13 Å². The third kappa shape index (κ3) is 4.83. The number of rotatable bonds is 5. The second-order valence-corrected chi connectivity index (χ2v) is 9.45. The molecule has 0 N–H and O–H groups in total. The molecule has 0 fully saturated rings. The number of aryl methyl sites for hydroxylation is 1. The average molecular weight is 487 g/mol. The first-order chi connectivity index (χ1) is 17.7. The number of anilines is 4. The highest BCUT2D eigenvalue weighted by atomic mass is 15.3. The topological polar surface area (TPSA) is 14.2 Å². The average Bonchev–Trinajstić information content (AvgIpc) is 2.93. The summed E-state index contributed by atoms with van der Waals surface area (Å²) in [4.78, 5) is 4.71. The minimum Gasteiger partial charge on any atom is -0.341 e. The van der Waals surface area contributed by atoms with Crippen molar-refractivity contribution in [3.63, 3.8) is 0 Å². The Hall–Kier alpha value is -4.44. The molecule has 0 amide bonds. The third-order valence-electron chi connectivity index (χ3n) is 7.00. The Kier molecular flexibility index (Phi) is 6.74. The van der Waals surface area contributed by atoms with Crippen molar-refractivity contribution in [1.29, 1.82) is 0 Å². The van der Waals surface area contributed by atoms with Gasteiger partial charge in [0, 0.05) is 43.4 Å². The summed E-state index contributed by atoms with van der Waals surface area (Å²) in [5.74, 6) is 0. The van der Waals surface area contributed by atoms with E-state index in [-0.39, 0.29) is 7.43 Å². The van der Waals surface area contributed by atoms with Gasteiger partial charge in [0.25, 0.3) is 0 Å². The molecule has 0 saturated carbocycles. The number of pyridine rings is 2. The van der Waals surface area contributed by atoms with E-state index in [1.807, 2.05) is 7.05 Å². The standard InChI is InChI=1S/C32H30N4.CH4/c1-33-19-15-27(16-20-33)28-17-21-35(22-18-28)23-25-11-13-26(14-12-25)24-36-31-9-5-3-7-29(31)34(2)30-8-4-6-10-32(30)36;/h3-22H,23-24H2,1-2H3;1H4/q+2;. The van der Waals surface area contributed by atoms with E-state index in [0.29, 0.717) is 0 Å². The predicted molar refractivity (Wildman–Crippen MR) is 152 cm³/mol. The first-order valence-electron chi connectivity index (χ1n) is 12.4. The Bertz CT molecular complexity index is 1440. The maximum Gasteiger partial charge on any atom is 0.173 e. The summed E-state index contributed by atoms with van der Waals surface area (Å²) >= 11 is 0. The van der Waals surface area contributed by atoms with Crippen LogP contribution in [0.15, 0.2) is 122 Å². The second kappa shape index (κ2) is 10.3. The van der Waals surface area contributed by atoms with E-state index in [9.17, 15) is 0 Å². The van der Waals surface area contributed by atoms with Crippen LogP contribution in [0.2, 0.25) is 0 Å². The molecule has 0 aliphatic carbocycles. The summed E-state index contributed by atoms with van der Waals surface area (Å²) in [5.41, 5.74) is 10.0. The van der Waals surface area contributed by atoms with Gasteiger partial charge in [-0.3, -0.25) is 0 Å². The van der Waals surface area contributed by atoms with Crippen molar-refractivity contribution in [2.45, 2.75) is 20.5 Å². The van der Waals surface area contributed by atoms with E-state index < -0.39 is 0 Å². The Labute approximate surface area is 220 Å². The van der Waals surface area contributed by atoms with Crippen LogP contribution in [0, 0.1) is 0 Å². The highest BCUT2D eigenvalue weighted by Gasteiger charge is 2.25. The lowest BCUT2D eigenvalue weighted by molar-refractivity contribution is -0.688. The van der Waals surface area contributed by atoms with Crippen molar-refractivity contribution < 1.29 is 9.13 Å². The molecule has 0 radical (unpaired) electrons. The molecule has 4 nitrogen and oxygen atoms in total. The number of fused-ring (bicyclic) bond motifs is 2. The van der Waals surface area contributed by atoms with Gasteiger partial charge in [0.05, 0.1) is 22.7 Å². The summed E-state index contributed by atoms with van der Waals surface area (Å²) in [7, 11) is 4.19. The number of para-hydroxylation sites is 4. The van der Waals surface area contributed by atoms with Crippen LogP contribution in [0.1, 0.15) is 18.6 Å². The van der Waals surface area contributed by atoms with Gasteiger partial charge in [0.2, 0.25) is 0 Å². The Balaban J connectivity index is 0.00000280. The Morgan fingerprint density at radius 1 is 0.568 bits per heavy atom. The highest BCUT2D eigenvalue weighted by Crippen LogP contribution is 2.47. The second-order valence-electron chi connectivity index (χ2n) is 9.45. The number of benzene rings is 3. The Morgan fingerprint density at radius 3 is 1.57 bits per heavy atom. The maximum atomic E-state index is 2.43. The molecule has 0 atom stereocenters. The number of aromatic nitrogens is 2. The van der Waals surface area contributed by atoms with Crippen LogP contribution in [-0.4, -0.2) is 7.05 Å². The molecule has 3 heterocycles.